The SMILES string of the molecule is CCn1nc(C)c(Br)c1CC(N)c1ncccc1C. The first-order valence-corrected chi connectivity index (χ1v) is 7.22. The summed E-state index contributed by atoms with van der Waals surface area (Å²) in [5, 5.41) is 4.49. The summed E-state index contributed by atoms with van der Waals surface area (Å²) in [4.78, 5) is 4.40. The molecule has 0 saturated heterocycles. The van der Waals surface area contributed by atoms with Crippen molar-refractivity contribution >= 4 is 15.9 Å². The Kier molecular flexibility index (Phi) is 4.37. The number of nitrogens with zero attached hydrogens (tertiary/aromatic N) is 3. The van der Waals surface area contributed by atoms with Crippen molar-refractivity contribution in [1.29, 1.82) is 0 Å². The average molecular weight is 323 g/mol. The van der Waals surface area contributed by atoms with Crippen LogP contribution in [0, 0.1) is 13.8 Å². The third-order valence-corrected chi connectivity index (χ3v) is 4.30. The van der Waals surface area contributed by atoms with Crippen LogP contribution in [-0.4, -0.2) is 14.8 Å². The van der Waals surface area contributed by atoms with Crippen molar-refractivity contribution in [2.45, 2.75) is 39.8 Å². The Morgan fingerprint density at radius 2 is 2.16 bits per heavy atom. The van der Waals surface area contributed by atoms with Gasteiger partial charge in [0.2, 0.25) is 0 Å². The maximum atomic E-state index is 6.31. The van der Waals surface area contributed by atoms with Crippen molar-refractivity contribution in [2.24, 2.45) is 5.73 Å². The van der Waals surface area contributed by atoms with E-state index in [1.807, 2.05) is 30.7 Å². The Bertz CT molecular complexity index is 577. The van der Waals surface area contributed by atoms with E-state index >= 15 is 0 Å². The zero-order valence-corrected chi connectivity index (χ0v) is 13.1. The lowest BCUT2D eigenvalue weighted by molar-refractivity contribution is 0.580. The van der Waals surface area contributed by atoms with Crippen LogP contribution in [0.15, 0.2) is 22.8 Å². The molecule has 0 aliphatic carbocycles. The van der Waals surface area contributed by atoms with E-state index in [0.717, 1.165) is 40.1 Å². The quantitative estimate of drug-likeness (QED) is 0.941. The number of rotatable bonds is 4. The largest absolute Gasteiger partial charge is 0.322 e. The molecule has 5 heteroatoms. The maximum Gasteiger partial charge on any atom is 0.0738 e. The number of aryl methyl sites for hydroxylation is 3. The Morgan fingerprint density at radius 1 is 1.42 bits per heavy atom. The van der Waals surface area contributed by atoms with Crippen molar-refractivity contribution in [3.05, 3.63) is 45.4 Å². The first-order chi connectivity index (χ1) is 9.04. The second-order valence-electron chi connectivity index (χ2n) is 4.68. The highest BCUT2D eigenvalue weighted by atomic mass is 79.9. The third kappa shape index (κ3) is 2.87. The summed E-state index contributed by atoms with van der Waals surface area (Å²) in [5.74, 6) is 0. The van der Waals surface area contributed by atoms with Crippen LogP contribution in [-0.2, 0) is 13.0 Å². The van der Waals surface area contributed by atoms with Crippen LogP contribution in [0.2, 0.25) is 0 Å². The smallest absolute Gasteiger partial charge is 0.0738 e. The van der Waals surface area contributed by atoms with Crippen LogP contribution in [0.5, 0.6) is 0 Å². The number of nitrogens with two attached hydrogens (primary N) is 1. The van der Waals surface area contributed by atoms with Gasteiger partial charge in [-0.3, -0.25) is 9.67 Å². The number of pyridine rings is 1. The van der Waals surface area contributed by atoms with Gasteiger partial charge in [0, 0.05) is 19.2 Å². The van der Waals surface area contributed by atoms with Gasteiger partial charge in [0.1, 0.15) is 0 Å². The first kappa shape index (κ1) is 14.2. The maximum absolute atomic E-state index is 6.31. The fourth-order valence-corrected chi connectivity index (χ4v) is 2.70. The van der Waals surface area contributed by atoms with Gasteiger partial charge in [-0.25, -0.2) is 0 Å². The summed E-state index contributed by atoms with van der Waals surface area (Å²) in [6, 6.07) is 3.86. The summed E-state index contributed by atoms with van der Waals surface area (Å²) < 4.78 is 3.05. The van der Waals surface area contributed by atoms with E-state index in [0.29, 0.717) is 0 Å². The molecule has 1 atom stereocenters. The monoisotopic (exact) mass is 322 g/mol. The predicted octanol–water partition coefficient (Wildman–Crippen LogP) is 2.92. The lowest BCUT2D eigenvalue weighted by Crippen LogP contribution is -2.18. The topological polar surface area (TPSA) is 56.7 Å². The van der Waals surface area contributed by atoms with Crippen molar-refractivity contribution in [2.75, 3.05) is 0 Å². The zero-order chi connectivity index (χ0) is 14.0. The van der Waals surface area contributed by atoms with Crippen molar-refractivity contribution in [3.8, 4) is 0 Å². The summed E-state index contributed by atoms with van der Waals surface area (Å²) in [6.07, 6.45) is 2.52. The summed E-state index contributed by atoms with van der Waals surface area (Å²) in [6.45, 7) is 6.96. The Balaban J connectivity index is 2.29. The van der Waals surface area contributed by atoms with Gasteiger partial charge in [0.25, 0.3) is 0 Å². The minimum Gasteiger partial charge on any atom is -0.322 e. The molecule has 0 spiro atoms. The van der Waals surface area contributed by atoms with Gasteiger partial charge in [-0.05, 0) is 48.3 Å². The van der Waals surface area contributed by atoms with E-state index in [1.165, 1.54) is 0 Å². The van der Waals surface area contributed by atoms with Gasteiger partial charge in [0.15, 0.2) is 0 Å². The minimum absolute atomic E-state index is 0.112. The molecule has 2 heterocycles. The number of hydrogen-bond donors (Lipinski definition) is 1. The molecular formula is C14H19BrN4. The molecule has 2 aromatic heterocycles. The van der Waals surface area contributed by atoms with Crippen LogP contribution in [0.1, 0.15) is 35.6 Å². The van der Waals surface area contributed by atoms with Crippen molar-refractivity contribution < 1.29 is 0 Å². The highest BCUT2D eigenvalue weighted by Crippen LogP contribution is 2.25. The summed E-state index contributed by atoms with van der Waals surface area (Å²) in [7, 11) is 0. The van der Waals surface area contributed by atoms with Crippen molar-refractivity contribution in [1.82, 2.24) is 14.8 Å². The van der Waals surface area contributed by atoms with Crippen LogP contribution in [0.4, 0.5) is 0 Å². The molecule has 4 nitrogen and oxygen atoms in total. The molecule has 1 unspecified atom stereocenters. The number of halogens is 1. The van der Waals surface area contributed by atoms with E-state index < -0.39 is 0 Å². The summed E-state index contributed by atoms with van der Waals surface area (Å²) in [5.41, 5.74) is 10.5. The zero-order valence-electron chi connectivity index (χ0n) is 11.5. The molecule has 2 N–H and O–H groups in total. The molecule has 0 radical (unpaired) electrons. The highest BCUT2D eigenvalue weighted by molar-refractivity contribution is 9.10. The van der Waals surface area contributed by atoms with Gasteiger partial charge in [-0.1, -0.05) is 6.07 Å². The Morgan fingerprint density at radius 3 is 2.79 bits per heavy atom. The predicted molar refractivity (Wildman–Crippen MR) is 79.9 cm³/mol. The molecule has 0 fully saturated rings. The normalized spacial score (nSPS) is 12.7. The number of hydrogen-bond acceptors (Lipinski definition) is 3. The molecule has 0 aliphatic rings. The third-order valence-electron chi connectivity index (χ3n) is 3.27. The van der Waals surface area contributed by atoms with Crippen LogP contribution < -0.4 is 5.73 Å². The highest BCUT2D eigenvalue weighted by Gasteiger charge is 2.18. The fourth-order valence-electron chi connectivity index (χ4n) is 2.26. The van der Waals surface area contributed by atoms with Crippen LogP contribution in [0.3, 0.4) is 0 Å². The van der Waals surface area contributed by atoms with E-state index in [-0.39, 0.29) is 6.04 Å². The van der Waals surface area contributed by atoms with Gasteiger partial charge >= 0.3 is 0 Å². The number of aromatic nitrogens is 3. The summed E-state index contributed by atoms with van der Waals surface area (Å²) >= 11 is 3.60. The van der Waals surface area contributed by atoms with Crippen molar-refractivity contribution in [3.63, 3.8) is 0 Å². The lowest BCUT2D eigenvalue weighted by atomic mass is 10.0. The van der Waals surface area contributed by atoms with Crippen LogP contribution >= 0.6 is 15.9 Å². The standard InChI is InChI=1S/C14H19BrN4/c1-4-19-12(13(15)10(3)18-19)8-11(16)14-9(2)6-5-7-17-14/h5-7,11H,4,8,16H2,1-3H3. The van der Waals surface area contributed by atoms with E-state index in [4.69, 9.17) is 5.73 Å². The molecule has 2 aromatic rings. The average Bonchev–Trinajstić information content (AvgIpc) is 2.67. The molecule has 0 amide bonds. The first-order valence-electron chi connectivity index (χ1n) is 6.43. The van der Waals surface area contributed by atoms with Gasteiger partial charge in [0.05, 0.1) is 27.6 Å². The molecule has 0 aromatic carbocycles. The van der Waals surface area contributed by atoms with Gasteiger partial charge in [-0.2, -0.15) is 5.10 Å². The Labute approximate surface area is 122 Å². The van der Waals surface area contributed by atoms with Gasteiger partial charge < -0.3 is 5.73 Å². The van der Waals surface area contributed by atoms with E-state index in [2.05, 4.69) is 32.9 Å². The molecule has 102 valence electrons. The molecule has 2 rings (SSSR count). The molecule has 0 saturated carbocycles. The molecular weight excluding hydrogens is 304 g/mol. The molecule has 0 aliphatic heterocycles. The second-order valence-corrected chi connectivity index (χ2v) is 5.47. The van der Waals surface area contributed by atoms with E-state index in [9.17, 15) is 0 Å². The second kappa shape index (κ2) is 5.84. The lowest BCUT2D eigenvalue weighted by Gasteiger charge is -2.14. The fraction of sp³-hybridized carbons (Fsp3) is 0.429. The molecule has 0 bridgehead atoms. The molecule has 19 heavy (non-hydrogen) atoms. The van der Waals surface area contributed by atoms with E-state index in [1.54, 1.807) is 6.20 Å². The minimum atomic E-state index is -0.112. The Hall–Kier alpha value is -1.20. The van der Waals surface area contributed by atoms with Gasteiger partial charge in [-0.15, -0.1) is 0 Å². The van der Waals surface area contributed by atoms with Crippen LogP contribution in [0.25, 0.3) is 0 Å².